The third-order valence-corrected chi connectivity index (χ3v) is 1.88. The summed E-state index contributed by atoms with van der Waals surface area (Å²) < 4.78 is 11.4. The van der Waals surface area contributed by atoms with Gasteiger partial charge < -0.3 is 9.47 Å². The van der Waals surface area contributed by atoms with E-state index in [1.54, 1.807) is 6.20 Å². The molecule has 0 spiro atoms. The van der Waals surface area contributed by atoms with Crippen molar-refractivity contribution in [2.75, 3.05) is 14.2 Å². The Kier molecular flexibility index (Phi) is 2.67. The summed E-state index contributed by atoms with van der Waals surface area (Å²) in [4.78, 5) is 12.0. The van der Waals surface area contributed by atoms with Gasteiger partial charge in [-0.15, -0.1) is 4.98 Å². The molecule has 0 unspecified atom stereocenters. The van der Waals surface area contributed by atoms with Crippen molar-refractivity contribution < 1.29 is 9.47 Å². The summed E-state index contributed by atoms with van der Waals surface area (Å²) in [6, 6.07) is 2.23. The highest BCUT2D eigenvalue weighted by Crippen LogP contribution is 2.11. The Morgan fingerprint density at radius 2 is 1.69 bits per heavy atom. The Bertz CT molecular complexity index is 474. The molecule has 0 saturated heterocycles. The van der Waals surface area contributed by atoms with Crippen LogP contribution in [-0.4, -0.2) is 39.0 Å². The highest BCUT2D eigenvalue weighted by molar-refractivity contribution is 5.17. The predicted molar refractivity (Wildman–Crippen MR) is 54.8 cm³/mol. The first-order valence-electron chi connectivity index (χ1n) is 4.59. The second kappa shape index (κ2) is 4.13. The van der Waals surface area contributed by atoms with Gasteiger partial charge in [0.05, 0.1) is 19.9 Å². The van der Waals surface area contributed by atoms with Crippen LogP contribution >= 0.6 is 0 Å². The quantitative estimate of drug-likeness (QED) is 0.746. The Morgan fingerprint density at radius 3 is 2.12 bits per heavy atom. The van der Waals surface area contributed by atoms with Gasteiger partial charge in [-0.25, -0.2) is 4.68 Å². The highest BCUT2D eigenvalue weighted by Gasteiger charge is 2.09. The molecule has 84 valence electrons. The molecule has 2 aromatic heterocycles. The summed E-state index contributed by atoms with van der Waals surface area (Å²) in [7, 11) is 2.96. The second-order valence-electron chi connectivity index (χ2n) is 3.01. The number of methoxy groups -OCH3 is 2. The maximum atomic E-state index is 4.94. The van der Waals surface area contributed by atoms with Crippen LogP contribution in [0.25, 0.3) is 5.95 Å². The molecule has 16 heavy (non-hydrogen) atoms. The van der Waals surface area contributed by atoms with Crippen LogP contribution in [0, 0.1) is 6.92 Å². The molecule has 2 rings (SSSR count). The normalized spacial score (nSPS) is 10.2. The van der Waals surface area contributed by atoms with Gasteiger partial charge in [0.2, 0.25) is 0 Å². The van der Waals surface area contributed by atoms with Gasteiger partial charge in [0.25, 0.3) is 5.95 Å². The van der Waals surface area contributed by atoms with Gasteiger partial charge in [-0.3, -0.25) is 0 Å². The Morgan fingerprint density at radius 1 is 1.06 bits per heavy atom. The number of nitrogens with zero attached hydrogens (tertiary/aromatic N) is 5. The van der Waals surface area contributed by atoms with E-state index in [0.29, 0.717) is 5.95 Å². The van der Waals surface area contributed by atoms with Crippen LogP contribution in [0.1, 0.15) is 5.69 Å². The van der Waals surface area contributed by atoms with Crippen LogP contribution in [0.15, 0.2) is 12.3 Å². The van der Waals surface area contributed by atoms with Crippen molar-refractivity contribution in [1.29, 1.82) is 0 Å². The van der Waals surface area contributed by atoms with E-state index in [9.17, 15) is 0 Å². The first-order chi connectivity index (χ1) is 7.72. The molecule has 2 aromatic rings. The number of aryl methyl sites for hydroxylation is 1. The zero-order valence-corrected chi connectivity index (χ0v) is 9.21. The number of ether oxygens (including phenoxy) is 2. The van der Waals surface area contributed by atoms with Gasteiger partial charge in [-0.1, -0.05) is 0 Å². The van der Waals surface area contributed by atoms with Crippen LogP contribution in [0.2, 0.25) is 0 Å². The van der Waals surface area contributed by atoms with Crippen molar-refractivity contribution in [3.05, 3.63) is 18.0 Å². The fourth-order valence-corrected chi connectivity index (χ4v) is 1.14. The zero-order valence-electron chi connectivity index (χ0n) is 9.21. The van der Waals surface area contributed by atoms with Crippen LogP contribution in [0.5, 0.6) is 12.0 Å². The lowest BCUT2D eigenvalue weighted by Crippen LogP contribution is -2.07. The molecule has 0 atom stereocenters. The van der Waals surface area contributed by atoms with Crippen molar-refractivity contribution in [2.45, 2.75) is 6.92 Å². The minimum atomic E-state index is 0.190. The van der Waals surface area contributed by atoms with E-state index in [4.69, 9.17) is 9.47 Å². The molecule has 0 aliphatic rings. The molecule has 0 N–H and O–H groups in total. The molecule has 0 fully saturated rings. The van der Waals surface area contributed by atoms with Crippen LogP contribution in [0.4, 0.5) is 0 Å². The fraction of sp³-hybridized carbons (Fsp3) is 0.333. The van der Waals surface area contributed by atoms with E-state index in [1.165, 1.54) is 18.9 Å². The monoisotopic (exact) mass is 221 g/mol. The molecule has 0 aliphatic heterocycles. The standard InChI is InChI=1S/C9H11N5O2/c1-6-4-5-14(13-6)7-10-8(15-2)12-9(11-7)16-3/h4-5H,1-3H3. The van der Waals surface area contributed by atoms with Gasteiger partial charge in [0, 0.05) is 6.20 Å². The number of hydrogen-bond donors (Lipinski definition) is 0. The van der Waals surface area contributed by atoms with E-state index in [2.05, 4.69) is 20.1 Å². The minimum Gasteiger partial charge on any atom is -0.467 e. The van der Waals surface area contributed by atoms with Crippen LogP contribution in [0.3, 0.4) is 0 Å². The second-order valence-corrected chi connectivity index (χ2v) is 3.01. The van der Waals surface area contributed by atoms with Crippen LogP contribution < -0.4 is 9.47 Å². The summed E-state index contributed by atoms with van der Waals surface area (Å²) in [6.45, 7) is 1.88. The van der Waals surface area contributed by atoms with Gasteiger partial charge in [-0.05, 0) is 13.0 Å². The molecule has 7 nitrogen and oxygen atoms in total. The van der Waals surface area contributed by atoms with Crippen molar-refractivity contribution in [1.82, 2.24) is 24.7 Å². The average Bonchev–Trinajstić information content (AvgIpc) is 2.75. The lowest BCUT2D eigenvalue weighted by molar-refractivity contribution is 0.338. The summed E-state index contributed by atoms with van der Waals surface area (Å²) >= 11 is 0. The van der Waals surface area contributed by atoms with Gasteiger partial charge >= 0.3 is 12.0 Å². The van der Waals surface area contributed by atoms with Crippen molar-refractivity contribution >= 4 is 0 Å². The van der Waals surface area contributed by atoms with E-state index in [0.717, 1.165) is 5.69 Å². The first kappa shape index (κ1) is 10.3. The lowest BCUT2D eigenvalue weighted by atomic mass is 10.5. The summed E-state index contributed by atoms with van der Waals surface area (Å²) in [6.07, 6.45) is 1.75. The summed E-state index contributed by atoms with van der Waals surface area (Å²) in [5.41, 5.74) is 0.873. The lowest BCUT2D eigenvalue weighted by Gasteiger charge is -2.04. The molecule has 0 radical (unpaired) electrons. The zero-order chi connectivity index (χ0) is 11.5. The third kappa shape index (κ3) is 1.92. The molecule has 0 saturated carbocycles. The molecule has 7 heteroatoms. The Balaban J connectivity index is 2.47. The smallest absolute Gasteiger partial charge is 0.324 e. The van der Waals surface area contributed by atoms with Crippen molar-refractivity contribution in [3.8, 4) is 18.0 Å². The Hall–Kier alpha value is -2.18. The average molecular weight is 221 g/mol. The van der Waals surface area contributed by atoms with E-state index in [1.807, 2.05) is 13.0 Å². The fourth-order valence-electron chi connectivity index (χ4n) is 1.14. The van der Waals surface area contributed by atoms with E-state index in [-0.39, 0.29) is 12.0 Å². The largest absolute Gasteiger partial charge is 0.467 e. The van der Waals surface area contributed by atoms with Gasteiger partial charge in [-0.2, -0.15) is 15.1 Å². The molecule has 0 amide bonds. The molecular formula is C9H11N5O2. The van der Waals surface area contributed by atoms with Crippen LogP contribution in [-0.2, 0) is 0 Å². The van der Waals surface area contributed by atoms with Crippen molar-refractivity contribution in [3.63, 3.8) is 0 Å². The Labute approximate surface area is 92.1 Å². The maximum Gasteiger partial charge on any atom is 0.324 e. The van der Waals surface area contributed by atoms with Gasteiger partial charge in [0.15, 0.2) is 0 Å². The number of rotatable bonds is 3. The molecule has 0 aromatic carbocycles. The molecule has 2 heterocycles. The number of hydrogen-bond acceptors (Lipinski definition) is 6. The van der Waals surface area contributed by atoms with Gasteiger partial charge in [0.1, 0.15) is 0 Å². The topological polar surface area (TPSA) is 75.0 Å². The van der Waals surface area contributed by atoms with E-state index >= 15 is 0 Å². The summed E-state index contributed by atoms with van der Waals surface area (Å²) in [5, 5.41) is 4.18. The SMILES string of the molecule is COc1nc(OC)nc(-n2ccc(C)n2)n1. The summed E-state index contributed by atoms with van der Waals surface area (Å²) in [5.74, 6) is 0.358. The number of aromatic nitrogens is 5. The maximum absolute atomic E-state index is 4.94. The highest BCUT2D eigenvalue weighted by atomic mass is 16.5. The van der Waals surface area contributed by atoms with Crippen molar-refractivity contribution in [2.24, 2.45) is 0 Å². The molecule has 0 bridgehead atoms. The third-order valence-electron chi connectivity index (χ3n) is 1.88. The predicted octanol–water partition coefficient (Wildman–Crippen LogP) is 0.383. The molecular weight excluding hydrogens is 210 g/mol. The minimum absolute atomic E-state index is 0.190. The molecule has 0 aliphatic carbocycles. The van der Waals surface area contributed by atoms with E-state index < -0.39 is 0 Å². The first-order valence-corrected chi connectivity index (χ1v) is 4.59.